The Morgan fingerprint density at radius 3 is 0.982 bits per heavy atom. The molecule has 0 saturated carbocycles. The Labute approximate surface area is 330 Å². The monoisotopic (exact) mass is 726 g/mol. The van der Waals surface area contributed by atoms with Crippen molar-refractivity contribution in [2.75, 3.05) is 0 Å². The summed E-state index contributed by atoms with van der Waals surface area (Å²) in [5.74, 6) is 1.93. The average Bonchev–Trinajstić information content (AvgIpc) is 3.59. The van der Waals surface area contributed by atoms with Crippen LogP contribution in [0.4, 0.5) is 0 Å². The SMILES string of the molecule is c1ccc(-c2ccc(-c3nc(-c4ccccc4)nc(-c4ccc(-c5ccc(-n6c7cc8ccccc8cc7c7cc8ccccc8cc76)cc5)cc4)n3)cc2)cc1. The molecule has 0 amide bonds. The summed E-state index contributed by atoms with van der Waals surface area (Å²) < 4.78 is 2.41. The van der Waals surface area contributed by atoms with Gasteiger partial charge in [0.05, 0.1) is 11.0 Å². The first-order valence-electron chi connectivity index (χ1n) is 19.3. The largest absolute Gasteiger partial charge is 0.309 e. The molecule has 9 aromatic carbocycles. The fraction of sp³-hybridized carbons (Fsp3) is 0. The van der Waals surface area contributed by atoms with Crippen molar-refractivity contribution >= 4 is 43.4 Å². The van der Waals surface area contributed by atoms with Gasteiger partial charge in [0.25, 0.3) is 0 Å². The zero-order valence-electron chi connectivity index (χ0n) is 30.9. The molecule has 2 aromatic heterocycles. The molecule has 0 aliphatic carbocycles. The van der Waals surface area contributed by atoms with Crippen molar-refractivity contribution in [2.45, 2.75) is 0 Å². The van der Waals surface area contributed by atoms with E-state index in [9.17, 15) is 0 Å². The second-order valence-electron chi connectivity index (χ2n) is 14.5. The fourth-order valence-electron chi connectivity index (χ4n) is 8.07. The van der Waals surface area contributed by atoms with Crippen LogP contribution in [0, 0.1) is 0 Å². The molecular weight excluding hydrogens is 693 g/mol. The molecule has 0 unspecified atom stereocenters. The Hall–Kier alpha value is -7.69. The lowest BCUT2D eigenvalue weighted by molar-refractivity contribution is 1.07. The summed E-state index contributed by atoms with van der Waals surface area (Å²) in [7, 11) is 0. The smallest absolute Gasteiger partial charge is 0.164 e. The van der Waals surface area contributed by atoms with Crippen molar-refractivity contribution in [3.8, 4) is 62.1 Å². The molecule has 0 saturated heterocycles. The van der Waals surface area contributed by atoms with Crippen molar-refractivity contribution in [2.24, 2.45) is 0 Å². The molecule has 4 nitrogen and oxygen atoms in total. The first-order chi connectivity index (χ1) is 28.2. The van der Waals surface area contributed by atoms with E-state index in [1.54, 1.807) is 0 Å². The lowest BCUT2D eigenvalue weighted by Gasteiger charge is -2.11. The molecule has 11 aromatic rings. The molecule has 0 N–H and O–H groups in total. The highest BCUT2D eigenvalue weighted by atomic mass is 15.0. The highest BCUT2D eigenvalue weighted by Gasteiger charge is 2.16. The molecule has 4 heteroatoms. The third kappa shape index (κ3) is 5.92. The van der Waals surface area contributed by atoms with Crippen LogP contribution in [0.15, 0.2) is 206 Å². The van der Waals surface area contributed by atoms with Gasteiger partial charge in [0.15, 0.2) is 17.5 Å². The highest BCUT2D eigenvalue weighted by Crippen LogP contribution is 2.38. The number of benzene rings is 9. The molecule has 0 spiro atoms. The lowest BCUT2D eigenvalue weighted by atomic mass is 10.0. The van der Waals surface area contributed by atoms with Crippen molar-refractivity contribution in [3.05, 3.63) is 206 Å². The van der Waals surface area contributed by atoms with Gasteiger partial charge in [-0.1, -0.05) is 170 Å². The van der Waals surface area contributed by atoms with Crippen LogP contribution < -0.4 is 0 Å². The highest BCUT2D eigenvalue weighted by molar-refractivity contribution is 6.16. The van der Waals surface area contributed by atoms with E-state index in [2.05, 4.69) is 174 Å². The van der Waals surface area contributed by atoms with E-state index in [1.807, 2.05) is 36.4 Å². The third-order valence-electron chi connectivity index (χ3n) is 11.0. The standard InChI is InChI=1S/C53H34N4/c1-3-11-35(12-4-1)36-19-23-40(24-20-36)52-54-51(39-13-5-2-6-14-39)55-53(56-52)41-25-21-37(22-26-41)38-27-29-46(30-28-38)57-49-33-44-17-9-7-15-42(44)31-47(49)48-32-43-16-8-10-18-45(43)34-50(48)57/h1-34H. The molecule has 0 atom stereocenters. The minimum absolute atomic E-state index is 0.638. The summed E-state index contributed by atoms with van der Waals surface area (Å²) in [6.07, 6.45) is 0. The second kappa shape index (κ2) is 13.6. The quantitative estimate of drug-likeness (QED) is 0.171. The molecular formula is C53H34N4. The van der Waals surface area contributed by atoms with Gasteiger partial charge < -0.3 is 4.57 Å². The number of nitrogens with zero attached hydrogens (tertiary/aromatic N) is 4. The molecule has 0 radical (unpaired) electrons. The molecule has 11 rings (SSSR count). The Morgan fingerprint density at radius 1 is 0.263 bits per heavy atom. The van der Waals surface area contributed by atoms with Crippen LogP contribution in [0.25, 0.3) is 105 Å². The second-order valence-corrected chi connectivity index (χ2v) is 14.5. The van der Waals surface area contributed by atoms with Crippen LogP contribution >= 0.6 is 0 Å². The topological polar surface area (TPSA) is 43.6 Å². The Kier molecular flexibility index (Phi) is 7.78. The van der Waals surface area contributed by atoms with E-state index in [0.29, 0.717) is 17.5 Å². The molecule has 0 bridgehead atoms. The van der Waals surface area contributed by atoms with Crippen LogP contribution in [0.5, 0.6) is 0 Å². The summed E-state index contributed by atoms with van der Waals surface area (Å²) in [6, 6.07) is 73.0. The summed E-state index contributed by atoms with van der Waals surface area (Å²) in [5, 5.41) is 7.48. The number of aromatic nitrogens is 4. The number of hydrogen-bond donors (Lipinski definition) is 0. The summed E-state index contributed by atoms with van der Waals surface area (Å²) >= 11 is 0. The van der Waals surface area contributed by atoms with Gasteiger partial charge in [-0.05, 0) is 80.2 Å². The third-order valence-corrected chi connectivity index (χ3v) is 11.0. The molecule has 0 aliphatic heterocycles. The molecule has 57 heavy (non-hydrogen) atoms. The van der Waals surface area contributed by atoms with E-state index in [-0.39, 0.29) is 0 Å². The van der Waals surface area contributed by atoms with Crippen molar-refractivity contribution in [1.29, 1.82) is 0 Å². The maximum absolute atomic E-state index is 5.01. The Balaban J connectivity index is 0.954. The number of fused-ring (bicyclic) bond motifs is 5. The van der Waals surface area contributed by atoms with Gasteiger partial charge in [0, 0.05) is 33.2 Å². The van der Waals surface area contributed by atoms with Crippen molar-refractivity contribution in [1.82, 2.24) is 19.5 Å². The van der Waals surface area contributed by atoms with Crippen molar-refractivity contribution < 1.29 is 0 Å². The normalized spacial score (nSPS) is 11.5. The van der Waals surface area contributed by atoms with Gasteiger partial charge in [-0.25, -0.2) is 15.0 Å². The zero-order valence-corrected chi connectivity index (χ0v) is 30.9. The summed E-state index contributed by atoms with van der Waals surface area (Å²) in [5.41, 5.74) is 10.9. The van der Waals surface area contributed by atoms with Gasteiger partial charge in [0.2, 0.25) is 0 Å². The molecule has 0 fully saturated rings. The predicted octanol–water partition coefficient (Wildman–Crippen LogP) is 13.6. The van der Waals surface area contributed by atoms with E-state index >= 15 is 0 Å². The first-order valence-corrected chi connectivity index (χ1v) is 19.3. The van der Waals surface area contributed by atoms with Crippen molar-refractivity contribution in [3.63, 3.8) is 0 Å². The van der Waals surface area contributed by atoms with Crippen LogP contribution in [0.1, 0.15) is 0 Å². The lowest BCUT2D eigenvalue weighted by Crippen LogP contribution is -2.00. The minimum Gasteiger partial charge on any atom is -0.309 e. The van der Waals surface area contributed by atoms with E-state index in [0.717, 1.165) is 39.1 Å². The molecule has 2 heterocycles. The Morgan fingerprint density at radius 2 is 0.561 bits per heavy atom. The van der Waals surface area contributed by atoms with Gasteiger partial charge in [0.1, 0.15) is 0 Å². The summed E-state index contributed by atoms with van der Waals surface area (Å²) in [4.78, 5) is 14.9. The van der Waals surface area contributed by atoms with Gasteiger partial charge in [-0.3, -0.25) is 0 Å². The maximum atomic E-state index is 5.01. The van der Waals surface area contributed by atoms with E-state index in [1.165, 1.54) is 48.9 Å². The van der Waals surface area contributed by atoms with Gasteiger partial charge in [-0.15, -0.1) is 0 Å². The molecule has 0 aliphatic rings. The Bertz CT molecular complexity index is 3150. The first kappa shape index (κ1) is 32.7. The fourth-order valence-corrected chi connectivity index (χ4v) is 8.07. The van der Waals surface area contributed by atoms with Crippen LogP contribution in [0.3, 0.4) is 0 Å². The average molecular weight is 727 g/mol. The number of rotatable bonds is 6. The van der Waals surface area contributed by atoms with Crippen LogP contribution in [0.2, 0.25) is 0 Å². The van der Waals surface area contributed by atoms with Crippen LogP contribution in [-0.2, 0) is 0 Å². The minimum atomic E-state index is 0.638. The number of hydrogen-bond acceptors (Lipinski definition) is 3. The zero-order chi connectivity index (χ0) is 37.7. The maximum Gasteiger partial charge on any atom is 0.164 e. The summed E-state index contributed by atoms with van der Waals surface area (Å²) in [6.45, 7) is 0. The van der Waals surface area contributed by atoms with E-state index < -0.39 is 0 Å². The van der Waals surface area contributed by atoms with E-state index in [4.69, 9.17) is 15.0 Å². The molecule has 266 valence electrons. The van der Waals surface area contributed by atoms with Crippen LogP contribution in [-0.4, -0.2) is 19.5 Å². The van der Waals surface area contributed by atoms with Gasteiger partial charge >= 0.3 is 0 Å². The van der Waals surface area contributed by atoms with Gasteiger partial charge in [-0.2, -0.15) is 0 Å². The predicted molar refractivity (Wildman–Crippen MR) is 236 cm³/mol.